The third kappa shape index (κ3) is 7.37. The molecular weight excluding hydrogens is 384 g/mol. The molecule has 27 heavy (non-hydrogen) atoms. The zero-order chi connectivity index (χ0) is 19.6. The summed E-state index contributed by atoms with van der Waals surface area (Å²) in [5.74, 6) is -0.208. The van der Waals surface area contributed by atoms with Gasteiger partial charge >= 0.3 is 5.97 Å². The quantitative estimate of drug-likeness (QED) is 0.309. The van der Waals surface area contributed by atoms with Gasteiger partial charge in [0.1, 0.15) is 4.88 Å². The van der Waals surface area contributed by atoms with Gasteiger partial charge in [0.25, 0.3) is 0 Å². The lowest BCUT2D eigenvalue weighted by molar-refractivity contribution is 0.0702. The molecule has 3 N–H and O–H groups in total. The molecule has 0 aromatic carbocycles. The van der Waals surface area contributed by atoms with Crippen molar-refractivity contribution in [2.45, 2.75) is 82.1 Å². The topological polar surface area (TPSA) is 77.8 Å². The van der Waals surface area contributed by atoms with Crippen LogP contribution in [0.15, 0.2) is 12.1 Å². The largest absolute Gasteiger partial charge is 0.477 e. The molecule has 1 aliphatic rings. The average molecular weight is 417 g/mol. The van der Waals surface area contributed by atoms with Crippen LogP contribution in [-0.2, 0) is 6.42 Å². The van der Waals surface area contributed by atoms with E-state index in [2.05, 4.69) is 0 Å². The van der Waals surface area contributed by atoms with Crippen LogP contribution in [0.4, 0.5) is 0 Å². The van der Waals surface area contributed by atoms with Gasteiger partial charge in [-0.1, -0.05) is 32.1 Å². The number of carboxylic acid groups (broad SMARTS) is 1. The number of carboxylic acids is 1. The molecule has 0 unspecified atom stereocenters. The summed E-state index contributed by atoms with van der Waals surface area (Å²) < 4.78 is 0. The lowest BCUT2D eigenvalue weighted by atomic mass is 9.85. The van der Waals surface area contributed by atoms with Crippen LogP contribution < -0.4 is 0 Å². The Kier molecular flexibility index (Phi) is 10.1. The minimum absolute atomic E-state index is 0.0486. The molecule has 0 radical (unpaired) electrons. The van der Waals surface area contributed by atoms with Crippen molar-refractivity contribution >= 4 is 28.9 Å². The molecule has 1 fully saturated rings. The first-order valence-electron chi connectivity index (χ1n) is 10.3. The Balaban J connectivity index is 1.71. The maximum Gasteiger partial charge on any atom is 0.345 e. The minimum Gasteiger partial charge on any atom is -0.477 e. The Morgan fingerprint density at radius 3 is 2.37 bits per heavy atom. The van der Waals surface area contributed by atoms with Crippen LogP contribution in [-0.4, -0.2) is 39.4 Å². The van der Waals surface area contributed by atoms with Gasteiger partial charge in [-0.15, -0.1) is 22.9 Å². The first kappa shape index (κ1) is 22.7. The molecule has 4 atom stereocenters. The van der Waals surface area contributed by atoms with Crippen molar-refractivity contribution < 1.29 is 20.1 Å². The van der Waals surface area contributed by atoms with E-state index >= 15 is 0 Å². The van der Waals surface area contributed by atoms with Crippen molar-refractivity contribution in [1.29, 1.82) is 0 Å². The second-order valence-electron chi connectivity index (χ2n) is 7.74. The number of carbonyl (C=O) groups is 1. The predicted molar refractivity (Wildman–Crippen MR) is 111 cm³/mol. The molecule has 1 saturated carbocycles. The highest BCUT2D eigenvalue weighted by atomic mass is 35.5. The highest BCUT2D eigenvalue weighted by molar-refractivity contribution is 7.13. The molecule has 6 heteroatoms. The SMILES string of the molecule is O=C(O)c1ccc(CCC[C@@H]2[C@@H](CCCCCCCCO)[C@H](O)C[C@@H]2Cl)s1. The first-order chi connectivity index (χ1) is 13.0. The summed E-state index contributed by atoms with van der Waals surface area (Å²) in [4.78, 5) is 12.5. The van der Waals surface area contributed by atoms with E-state index in [0.29, 0.717) is 23.1 Å². The molecule has 2 rings (SSSR count). The second kappa shape index (κ2) is 12.1. The number of aromatic carboxylic acids is 1. The predicted octanol–water partition coefficient (Wildman–Crippen LogP) is 5.10. The molecule has 0 spiro atoms. The standard InChI is InChI=1S/C21H33ClO4S/c22-18-14-19(24)17(9-5-3-1-2-4-6-13-23)16(18)10-7-8-15-11-12-20(27-15)21(25)26/h11-12,16-19,23-24H,1-10,13-14H2,(H,25,26)/t16-,17-,18+,19-/m1/s1. The number of hydrogen-bond donors (Lipinski definition) is 3. The molecule has 0 saturated heterocycles. The highest BCUT2D eigenvalue weighted by Crippen LogP contribution is 2.42. The summed E-state index contributed by atoms with van der Waals surface area (Å²) >= 11 is 7.89. The van der Waals surface area contributed by atoms with Crippen LogP contribution in [0, 0.1) is 11.8 Å². The van der Waals surface area contributed by atoms with E-state index in [1.807, 2.05) is 6.07 Å². The van der Waals surface area contributed by atoms with Gasteiger partial charge < -0.3 is 15.3 Å². The van der Waals surface area contributed by atoms with Crippen molar-refractivity contribution in [3.63, 3.8) is 0 Å². The lowest BCUT2D eigenvalue weighted by Crippen LogP contribution is -2.21. The van der Waals surface area contributed by atoms with Gasteiger partial charge in [0, 0.05) is 16.9 Å². The number of unbranched alkanes of at least 4 members (excludes halogenated alkanes) is 5. The van der Waals surface area contributed by atoms with E-state index in [0.717, 1.165) is 49.8 Å². The molecule has 154 valence electrons. The van der Waals surface area contributed by atoms with Gasteiger partial charge in [0.2, 0.25) is 0 Å². The van der Waals surface area contributed by atoms with E-state index in [1.54, 1.807) is 6.07 Å². The fourth-order valence-electron chi connectivity index (χ4n) is 4.27. The highest BCUT2D eigenvalue weighted by Gasteiger charge is 2.40. The minimum atomic E-state index is -0.859. The molecule has 0 bridgehead atoms. The smallest absolute Gasteiger partial charge is 0.345 e. The van der Waals surface area contributed by atoms with Crippen LogP contribution in [0.25, 0.3) is 0 Å². The van der Waals surface area contributed by atoms with Gasteiger partial charge in [-0.2, -0.15) is 0 Å². The van der Waals surface area contributed by atoms with Gasteiger partial charge in [0.05, 0.1) is 6.10 Å². The van der Waals surface area contributed by atoms with E-state index in [1.165, 1.54) is 30.6 Å². The Hall–Kier alpha value is -0.620. The monoisotopic (exact) mass is 416 g/mol. The van der Waals surface area contributed by atoms with Crippen molar-refractivity contribution in [2.75, 3.05) is 6.61 Å². The maximum atomic E-state index is 11.0. The second-order valence-corrected chi connectivity index (χ2v) is 9.47. The summed E-state index contributed by atoms with van der Waals surface area (Å²) in [7, 11) is 0. The molecular formula is C21H33ClO4S. The van der Waals surface area contributed by atoms with Crippen molar-refractivity contribution in [1.82, 2.24) is 0 Å². The summed E-state index contributed by atoms with van der Waals surface area (Å²) in [6.07, 6.45) is 11.0. The number of aliphatic hydroxyl groups is 2. The molecule has 0 aliphatic heterocycles. The van der Waals surface area contributed by atoms with Crippen molar-refractivity contribution in [3.05, 3.63) is 21.9 Å². The Morgan fingerprint density at radius 1 is 1.04 bits per heavy atom. The molecule has 1 heterocycles. The van der Waals surface area contributed by atoms with E-state index in [4.69, 9.17) is 21.8 Å². The van der Waals surface area contributed by atoms with Crippen LogP contribution >= 0.6 is 22.9 Å². The molecule has 0 amide bonds. The summed E-state index contributed by atoms with van der Waals surface area (Å²) in [5.41, 5.74) is 0. The number of alkyl halides is 1. The van der Waals surface area contributed by atoms with E-state index < -0.39 is 5.97 Å². The van der Waals surface area contributed by atoms with Crippen LogP contribution in [0.5, 0.6) is 0 Å². The number of thiophene rings is 1. The van der Waals surface area contributed by atoms with Crippen molar-refractivity contribution in [2.24, 2.45) is 11.8 Å². The van der Waals surface area contributed by atoms with Crippen LogP contribution in [0.1, 0.15) is 78.8 Å². The number of aryl methyl sites for hydroxylation is 1. The van der Waals surface area contributed by atoms with Gasteiger partial charge in [0.15, 0.2) is 0 Å². The Labute approximate surface area is 171 Å². The summed E-state index contributed by atoms with van der Waals surface area (Å²) in [6, 6.07) is 3.58. The van der Waals surface area contributed by atoms with Gasteiger partial charge in [-0.25, -0.2) is 4.79 Å². The van der Waals surface area contributed by atoms with Crippen LogP contribution in [0.3, 0.4) is 0 Å². The molecule has 4 nitrogen and oxygen atoms in total. The first-order valence-corrected chi connectivity index (χ1v) is 11.5. The summed E-state index contributed by atoms with van der Waals surface area (Å²) in [6.45, 7) is 0.288. The van der Waals surface area contributed by atoms with E-state index in [9.17, 15) is 9.90 Å². The van der Waals surface area contributed by atoms with E-state index in [-0.39, 0.29) is 18.1 Å². The number of halogens is 1. The zero-order valence-electron chi connectivity index (χ0n) is 16.0. The van der Waals surface area contributed by atoms with Gasteiger partial charge in [-0.3, -0.25) is 0 Å². The van der Waals surface area contributed by atoms with Crippen molar-refractivity contribution in [3.8, 4) is 0 Å². The lowest BCUT2D eigenvalue weighted by Gasteiger charge is -2.23. The third-order valence-corrected chi connectivity index (χ3v) is 7.39. The maximum absolute atomic E-state index is 11.0. The number of aliphatic hydroxyl groups excluding tert-OH is 2. The zero-order valence-corrected chi connectivity index (χ0v) is 17.6. The molecule has 1 aromatic heterocycles. The van der Waals surface area contributed by atoms with Crippen LogP contribution in [0.2, 0.25) is 0 Å². The number of hydrogen-bond acceptors (Lipinski definition) is 4. The fraction of sp³-hybridized carbons (Fsp3) is 0.762. The third-order valence-electron chi connectivity index (χ3n) is 5.75. The Morgan fingerprint density at radius 2 is 1.70 bits per heavy atom. The molecule has 1 aromatic rings. The van der Waals surface area contributed by atoms with Gasteiger partial charge in [-0.05, 0) is 62.5 Å². The molecule has 1 aliphatic carbocycles. The normalized spacial score (nSPS) is 25.1. The fourth-order valence-corrected chi connectivity index (χ4v) is 5.66. The summed E-state index contributed by atoms with van der Waals surface area (Å²) in [5, 5.41) is 28.3. The Bertz CT molecular complexity index is 562. The average Bonchev–Trinajstić information content (AvgIpc) is 3.20. The number of rotatable bonds is 13.